The second-order valence-electron chi connectivity index (χ2n) is 6.42. The number of carbonyl (C=O) groups excluding carboxylic acids is 1. The van der Waals surface area contributed by atoms with E-state index in [0.29, 0.717) is 24.1 Å². The third kappa shape index (κ3) is 2.64. The number of imidazole rings is 1. The third-order valence-corrected chi connectivity index (χ3v) is 4.67. The zero-order valence-electron chi connectivity index (χ0n) is 14.7. The van der Waals surface area contributed by atoms with Gasteiger partial charge in [0.2, 0.25) is 5.43 Å². The number of rotatable bonds is 4. The van der Waals surface area contributed by atoms with Crippen LogP contribution in [0.5, 0.6) is 0 Å². The highest BCUT2D eigenvalue weighted by Gasteiger charge is 2.17. The summed E-state index contributed by atoms with van der Waals surface area (Å²) < 4.78 is 13.1. The number of amides is 1. The molecule has 3 heterocycles. The quantitative estimate of drug-likeness (QED) is 0.522. The predicted octanol–water partition coefficient (Wildman–Crippen LogP) is 3.32. The lowest BCUT2D eigenvalue weighted by molar-refractivity contribution is 0.0925. The topological polar surface area (TPSA) is 90.3 Å². The van der Waals surface area contributed by atoms with Gasteiger partial charge in [-0.2, -0.15) is 0 Å². The fourth-order valence-corrected chi connectivity index (χ4v) is 3.27. The van der Waals surface area contributed by atoms with Crippen LogP contribution < -0.4 is 10.7 Å². The number of nitrogens with zero attached hydrogens (tertiary/aromatic N) is 2. The van der Waals surface area contributed by atoms with Gasteiger partial charge in [0, 0.05) is 19.2 Å². The summed E-state index contributed by atoms with van der Waals surface area (Å²) in [4.78, 5) is 29.3. The monoisotopic (exact) mass is 373 g/mol. The Hall–Kier alpha value is -3.87. The Balaban J connectivity index is 1.36. The minimum atomic E-state index is -0.403. The first kappa shape index (κ1) is 16.3. The molecule has 0 saturated heterocycles. The molecule has 1 amide bonds. The molecule has 0 aliphatic rings. The fourth-order valence-electron chi connectivity index (χ4n) is 3.27. The zero-order chi connectivity index (χ0) is 19.1. The zero-order valence-corrected chi connectivity index (χ0v) is 14.7. The average molecular weight is 373 g/mol. The van der Waals surface area contributed by atoms with Crippen molar-refractivity contribution >= 4 is 39.1 Å². The Morgan fingerprint density at radius 1 is 1.04 bits per heavy atom. The van der Waals surface area contributed by atoms with Gasteiger partial charge in [-0.3, -0.25) is 9.59 Å². The van der Waals surface area contributed by atoms with Crippen LogP contribution in [0.1, 0.15) is 10.6 Å². The van der Waals surface area contributed by atoms with Gasteiger partial charge < -0.3 is 18.7 Å². The van der Waals surface area contributed by atoms with E-state index in [9.17, 15) is 9.59 Å². The normalized spacial score (nSPS) is 11.4. The molecule has 0 saturated carbocycles. The molecule has 28 heavy (non-hydrogen) atoms. The molecule has 0 spiro atoms. The van der Waals surface area contributed by atoms with Crippen molar-refractivity contribution < 1.29 is 13.6 Å². The molecule has 5 aromatic rings. The third-order valence-electron chi connectivity index (χ3n) is 4.67. The van der Waals surface area contributed by atoms with Crippen molar-refractivity contribution in [2.24, 2.45) is 0 Å². The first-order valence-corrected chi connectivity index (χ1v) is 8.84. The van der Waals surface area contributed by atoms with Crippen molar-refractivity contribution in [3.63, 3.8) is 0 Å². The van der Waals surface area contributed by atoms with E-state index >= 15 is 0 Å². The number of carbonyl (C=O) groups is 1. The van der Waals surface area contributed by atoms with Crippen molar-refractivity contribution in [1.29, 1.82) is 0 Å². The van der Waals surface area contributed by atoms with Crippen LogP contribution in [0.3, 0.4) is 0 Å². The maximum Gasteiger partial charge on any atom is 0.302 e. The van der Waals surface area contributed by atoms with Gasteiger partial charge >= 0.3 is 5.78 Å². The van der Waals surface area contributed by atoms with E-state index < -0.39 is 5.91 Å². The van der Waals surface area contributed by atoms with Crippen molar-refractivity contribution in [2.75, 3.05) is 6.54 Å². The standard InChI is InChI=1S/C21H15N3O4/c25-19-13-5-1-4-8-17(13)27-21-14(19)11-18(28-21)20(26)22-9-10-24-12-23-15-6-2-3-7-16(15)24/h1-8,11-12H,9-10H2,(H,22,26). The second kappa shape index (κ2) is 6.38. The lowest BCUT2D eigenvalue weighted by Gasteiger charge is -2.05. The molecule has 0 unspecified atom stereocenters. The van der Waals surface area contributed by atoms with Crippen molar-refractivity contribution in [3.8, 4) is 0 Å². The Labute approximate surface area is 158 Å². The molecular formula is C21H15N3O4. The van der Waals surface area contributed by atoms with Crippen molar-refractivity contribution in [1.82, 2.24) is 14.9 Å². The molecule has 2 aromatic carbocycles. The number of hydrogen-bond acceptors (Lipinski definition) is 5. The first-order valence-electron chi connectivity index (χ1n) is 8.84. The van der Waals surface area contributed by atoms with Crippen LogP contribution in [-0.2, 0) is 6.54 Å². The van der Waals surface area contributed by atoms with E-state index in [2.05, 4.69) is 10.3 Å². The molecule has 0 aliphatic carbocycles. The largest absolute Gasteiger partial charge is 0.425 e. The number of fused-ring (bicyclic) bond motifs is 3. The van der Waals surface area contributed by atoms with Gasteiger partial charge in [-0.1, -0.05) is 24.3 Å². The predicted molar refractivity (Wildman–Crippen MR) is 104 cm³/mol. The summed E-state index contributed by atoms with van der Waals surface area (Å²) in [6.45, 7) is 0.952. The van der Waals surface area contributed by atoms with E-state index in [1.54, 1.807) is 30.6 Å². The van der Waals surface area contributed by atoms with Gasteiger partial charge in [0.15, 0.2) is 5.76 Å². The van der Waals surface area contributed by atoms with Crippen LogP contribution in [0.15, 0.2) is 74.6 Å². The maximum atomic E-state index is 12.6. The van der Waals surface area contributed by atoms with Crippen LogP contribution in [0.25, 0.3) is 33.2 Å². The van der Waals surface area contributed by atoms with Crippen LogP contribution in [0.4, 0.5) is 0 Å². The van der Waals surface area contributed by atoms with E-state index in [4.69, 9.17) is 8.83 Å². The molecule has 0 radical (unpaired) electrons. The lowest BCUT2D eigenvalue weighted by Crippen LogP contribution is -2.26. The van der Waals surface area contributed by atoms with Crippen LogP contribution in [-0.4, -0.2) is 22.0 Å². The highest BCUT2D eigenvalue weighted by molar-refractivity contribution is 5.97. The summed E-state index contributed by atoms with van der Waals surface area (Å²) >= 11 is 0. The smallest absolute Gasteiger partial charge is 0.302 e. The number of benzene rings is 2. The van der Waals surface area contributed by atoms with Gasteiger partial charge in [0.05, 0.1) is 22.7 Å². The summed E-state index contributed by atoms with van der Waals surface area (Å²) in [5.41, 5.74) is 2.11. The SMILES string of the molecule is O=C(NCCn1cnc2ccccc21)c1cc2c(=O)c3ccccc3oc2o1. The molecule has 1 N–H and O–H groups in total. The highest BCUT2D eigenvalue weighted by Crippen LogP contribution is 2.21. The van der Waals surface area contributed by atoms with Crippen molar-refractivity contribution in [3.05, 3.63) is 76.9 Å². The Morgan fingerprint density at radius 2 is 1.86 bits per heavy atom. The molecule has 0 atom stereocenters. The first-order chi connectivity index (χ1) is 13.7. The number of para-hydroxylation sites is 3. The maximum absolute atomic E-state index is 12.6. The van der Waals surface area contributed by atoms with Crippen LogP contribution in [0, 0.1) is 0 Å². The summed E-state index contributed by atoms with van der Waals surface area (Å²) in [6.07, 6.45) is 1.74. The molecule has 0 aliphatic heterocycles. The molecule has 0 bridgehead atoms. The minimum absolute atomic E-state index is 0.0432. The molecule has 7 heteroatoms. The van der Waals surface area contributed by atoms with Gasteiger partial charge in [-0.25, -0.2) is 4.98 Å². The summed E-state index contributed by atoms with van der Waals surface area (Å²) in [5.74, 6) is -0.310. The molecule has 138 valence electrons. The lowest BCUT2D eigenvalue weighted by atomic mass is 10.2. The summed E-state index contributed by atoms with van der Waals surface area (Å²) in [7, 11) is 0. The second-order valence-corrected chi connectivity index (χ2v) is 6.42. The highest BCUT2D eigenvalue weighted by atomic mass is 16.5. The molecule has 7 nitrogen and oxygen atoms in total. The number of aromatic nitrogens is 2. The van der Waals surface area contributed by atoms with Crippen LogP contribution >= 0.6 is 0 Å². The van der Waals surface area contributed by atoms with Gasteiger partial charge in [-0.05, 0) is 24.3 Å². The summed E-state index contributed by atoms with van der Waals surface area (Å²) in [6, 6.07) is 16.1. The van der Waals surface area contributed by atoms with E-state index in [1.807, 2.05) is 28.8 Å². The average Bonchev–Trinajstić information content (AvgIpc) is 3.33. The Bertz CT molecular complexity index is 1390. The van der Waals surface area contributed by atoms with Crippen molar-refractivity contribution in [2.45, 2.75) is 6.54 Å². The van der Waals surface area contributed by atoms with E-state index in [-0.39, 0.29) is 22.4 Å². The molecule has 3 aromatic heterocycles. The number of hydrogen-bond donors (Lipinski definition) is 1. The molecule has 0 fully saturated rings. The number of furan rings is 1. The number of nitrogens with one attached hydrogen (secondary N) is 1. The van der Waals surface area contributed by atoms with Gasteiger partial charge in [0.1, 0.15) is 11.0 Å². The molecule has 5 rings (SSSR count). The molecular weight excluding hydrogens is 358 g/mol. The van der Waals surface area contributed by atoms with Gasteiger partial charge in [0.25, 0.3) is 5.91 Å². The Kier molecular flexibility index (Phi) is 3.72. The fraction of sp³-hybridized carbons (Fsp3) is 0.0952. The minimum Gasteiger partial charge on any atom is -0.425 e. The Morgan fingerprint density at radius 3 is 2.79 bits per heavy atom. The van der Waals surface area contributed by atoms with E-state index in [1.165, 1.54) is 6.07 Å². The van der Waals surface area contributed by atoms with Crippen LogP contribution in [0.2, 0.25) is 0 Å². The van der Waals surface area contributed by atoms with E-state index in [0.717, 1.165) is 11.0 Å². The summed E-state index contributed by atoms with van der Waals surface area (Å²) in [5, 5.41) is 3.51. The van der Waals surface area contributed by atoms with Gasteiger partial charge in [-0.15, -0.1) is 0 Å².